The van der Waals surface area contributed by atoms with Gasteiger partial charge in [-0.2, -0.15) is 0 Å². The summed E-state index contributed by atoms with van der Waals surface area (Å²) in [6.07, 6.45) is 11.4. The number of hydrogen-bond acceptors (Lipinski definition) is 2. The maximum absolute atomic E-state index is 13.3. The first-order valence-corrected chi connectivity index (χ1v) is 11.2. The Morgan fingerprint density at radius 2 is 1.48 bits per heavy atom. The zero-order valence-electron chi connectivity index (χ0n) is 17.6. The van der Waals surface area contributed by atoms with E-state index in [2.05, 4.69) is 13.8 Å². The van der Waals surface area contributed by atoms with Crippen LogP contribution in [-0.2, 0) is 4.79 Å². The second-order valence-corrected chi connectivity index (χ2v) is 9.17. The van der Waals surface area contributed by atoms with Gasteiger partial charge in [0, 0.05) is 12.1 Å². The minimum absolute atomic E-state index is 0.247. The van der Waals surface area contributed by atoms with Crippen molar-refractivity contribution in [3.05, 3.63) is 29.6 Å². The molecule has 2 saturated carbocycles. The van der Waals surface area contributed by atoms with Gasteiger partial charge in [-0.15, -0.1) is 0 Å². The molecular weight excluding hydrogens is 377 g/mol. The summed E-state index contributed by atoms with van der Waals surface area (Å²) in [5.74, 6) is -2.10. The third kappa shape index (κ3) is 5.55. The molecule has 0 heterocycles. The van der Waals surface area contributed by atoms with E-state index in [1.165, 1.54) is 38.5 Å². The molecule has 1 aromatic rings. The normalized spacial score (nSPS) is 28.7. The molecule has 0 N–H and O–H groups in total. The van der Waals surface area contributed by atoms with Crippen LogP contribution in [0.2, 0.25) is 0 Å². The topological polar surface area (TPSA) is 26.3 Å². The molecule has 0 bridgehead atoms. The van der Waals surface area contributed by atoms with Gasteiger partial charge in [0.25, 0.3) is 0 Å². The molecule has 2 aliphatic rings. The molecule has 1 atom stereocenters. The predicted octanol–water partition coefficient (Wildman–Crippen LogP) is 7.06. The van der Waals surface area contributed by atoms with Gasteiger partial charge in [-0.1, -0.05) is 26.7 Å². The van der Waals surface area contributed by atoms with Crippen LogP contribution in [0.1, 0.15) is 78.1 Å². The molecule has 29 heavy (non-hydrogen) atoms. The highest BCUT2D eigenvalue weighted by atomic mass is 19.2. The number of carbonyl (C=O) groups is 1. The van der Waals surface area contributed by atoms with E-state index in [0.29, 0.717) is 5.92 Å². The Morgan fingerprint density at radius 1 is 0.966 bits per heavy atom. The molecule has 162 valence electrons. The second kappa shape index (κ2) is 9.99. The smallest absolute Gasteiger partial charge is 0.314 e. The molecule has 2 nitrogen and oxygen atoms in total. The van der Waals surface area contributed by atoms with Crippen LogP contribution in [0.15, 0.2) is 12.1 Å². The van der Waals surface area contributed by atoms with Gasteiger partial charge in [0.05, 0.1) is 5.92 Å². The standard InChI is InChI=1S/C24H33F3O2/c1-3-4-15(2)16-5-7-17(8-6-16)18-9-11-19(12-10-18)24(28)29-20-13-21(25)23(27)22(26)14-20/h13-19H,3-12H2,1-2H3. The summed E-state index contributed by atoms with van der Waals surface area (Å²) in [7, 11) is 0. The summed E-state index contributed by atoms with van der Waals surface area (Å²) in [6, 6.07) is 1.44. The summed E-state index contributed by atoms with van der Waals surface area (Å²) in [6.45, 7) is 4.65. The number of benzene rings is 1. The van der Waals surface area contributed by atoms with Gasteiger partial charge in [-0.25, -0.2) is 13.2 Å². The van der Waals surface area contributed by atoms with E-state index in [4.69, 9.17) is 4.74 Å². The highest BCUT2D eigenvalue weighted by Crippen LogP contribution is 2.43. The molecule has 5 heteroatoms. The van der Waals surface area contributed by atoms with Crippen molar-refractivity contribution in [2.45, 2.75) is 78.1 Å². The monoisotopic (exact) mass is 410 g/mol. The van der Waals surface area contributed by atoms with Crippen molar-refractivity contribution in [1.82, 2.24) is 0 Å². The number of carbonyl (C=O) groups excluding carboxylic acids is 1. The summed E-state index contributed by atoms with van der Waals surface area (Å²) < 4.78 is 44.8. The van der Waals surface area contributed by atoms with E-state index in [9.17, 15) is 18.0 Å². The van der Waals surface area contributed by atoms with E-state index in [1.54, 1.807) is 0 Å². The summed E-state index contributed by atoms with van der Waals surface area (Å²) in [4.78, 5) is 12.4. The van der Waals surface area contributed by atoms with Crippen LogP contribution >= 0.6 is 0 Å². The molecule has 0 amide bonds. The van der Waals surface area contributed by atoms with Crippen molar-refractivity contribution in [3.63, 3.8) is 0 Å². The van der Waals surface area contributed by atoms with Gasteiger partial charge >= 0.3 is 5.97 Å². The van der Waals surface area contributed by atoms with Gasteiger partial charge in [0.1, 0.15) is 5.75 Å². The van der Waals surface area contributed by atoms with Gasteiger partial charge in [-0.3, -0.25) is 4.79 Å². The molecule has 3 rings (SSSR count). The van der Waals surface area contributed by atoms with Crippen molar-refractivity contribution in [2.24, 2.45) is 29.6 Å². The average molecular weight is 411 g/mol. The Bertz CT molecular complexity index is 666. The van der Waals surface area contributed by atoms with Crippen LogP contribution < -0.4 is 4.74 Å². The molecule has 1 unspecified atom stereocenters. The molecule has 0 spiro atoms. The van der Waals surface area contributed by atoms with Crippen LogP contribution in [-0.4, -0.2) is 5.97 Å². The highest BCUT2D eigenvalue weighted by Gasteiger charge is 2.34. The van der Waals surface area contributed by atoms with Crippen LogP contribution in [0, 0.1) is 47.0 Å². The SMILES string of the molecule is CCCC(C)C1CCC(C2CCC(C(=O)Oc3cc(F)c(F)c(F)c3)CC2)CC1. The molecule has 0 aliphatic heterocycles. The minimum Gasteiger partial charge on any atom is -0.426 e. The lowest BCUT2D eigenvalue weighted by Crippen LogP contribution is -2.30. The Morgan fingerprint density at radius 3 is 2.00 bits per heavy atom. The zero-order chi connectivity index (χ0) is 21.0. The molecule has 1 aromatic carbocycles. The fraction of sp³-hybridized carbons (Fsp3) is 0.708. The van der Waals surface area contributed by atoms with Crippen molar-refractivity contribution < 1.29 is 22.7 Å². The summed E-state index contributed by atoms with van der Waals surface area (Å²) in [5, 5.41) is 0. The highest BCUT2D eigenvalue weighted by molar-refractivity contribution is 5.75. The largest absolute Gasteiger partial charge is 0.426 e. The Balaban J connectivity index is 1.45. The van der Waals surface area contributed by atoms with E-state index in [1.807, 2.05) is 0 Å². The molecule has 2 fully saturated rings. The third-order valence-electron chi connectivity index (χ3n) is 7.31. The van der Waals surface area contributed by atoms with Gasteiger partial charge in [0.2, 0.25) is 0 Å². The predicted molar refractivity (Wildman–Crippen MR) is 107 cm³/mol. The fourth-order valence-corrected chi connectivity index (χ4v) is 5.49. The molecule has 0 aromatic heterocycles. The van der Waals surface area contributed by atoms with Crippen LogP contribution in [0.3, 0.4) is 0 Å². The lowest BCUT2D eigenvalue weighted by Gasteiger charge is -2.38. The van der Waals surface area contributed by atoms with Crippen molar-refractivity contribution in [3.8, 4) is 5.75 Å². The van der Waals surface area contributed by atoms with Crippen LogP contribution in [0.4, 0.5) is 13.2 Å². The van der Waals surface area contributed by atoms with Crippen molar-refractivity contribution in [1.29, 1.82) is 0 Å². The van der Waals surface area contributed by atoms with E-state index in [0.717, 1.165) is 55.6 Å². The van der Waals surface area contributed by atoms with Crippen LogP contribution in [0.25, 0.3) is 0 Å². The summed E-state index contributed by atoms with van der Waals surface area (Å²) >= 11 is 0. The number of hydrogen-bond donors (Lipinski definition) is 0. The Labute approximate surface area is 172 Å². The molecular formula is C24H33F3O2. The Hall–Kier alpha value is -1.52. The Kier molecular flexibility index (Phi) is 7.64. The maximum Gasteiger partial charge on any atom is 0.314 e. The van der Waals surface area contributed by atoms with Crippen molar-refractivity contribution >= 4 is 5.97 Å². The quantitative estimate of drug-likeness (QED) is 0.285. The second-order valence-electron chi connectivity index (χ2n) is 9.17. The first kappa shape index (κ1) is 22.2. The van der Waals surface area contributed by atoms with Gasteiger partial charge in [-0.05, 0) is 75.0 Å². The van der Waals surface area contributed by atoms with E-state index < -0.39 is 23.4 Å². The van der Waals surface area contributed by atoms with Crippen LogP contribution in [0.5, 0.6) is 5.75 Å². The first-order chi connectivity index (χ1) is 13.9. The van der Waals surface area contributed by atoms with E-state index in [-0.39, 0.29) is 11.7 Å². The lowest BCUT2D eigenvalue weighted by atomic mass is 9.67. The average Bonchev–Trinajstić information content (AvgIpc) is 2.72. The fourth-order valence-electron chi connectivity index (χ4n) is 5.49. The number of ether oxygens (including phenoxy) is 1. The zero-order valence-corrected chi connectivity index (χ0v) is 17.6. The lowest BCUT2D eigenvalue weighted by molar-refractivity contribution is -0.140. The van der Waals surface area contributed by atoms with Crippen molar-refractivity contribution in [2.75, 3.05) is 0 Å². The van der Waals surface area contributed by atoms with Gasteiger partial charge in [0.15, 0.2) is 17.5 Å². The minimum atomic E-state index is -1.55. The number of esters is 1. The third-order valence-corrected chi connectivity index (χ3v) is 7.31. The first-order valence-electron chi connectivity index (χ1n) is 11.2. The number of halogens is 3. The molecule has 2 aliphatic carbocycles. The van der Waals surface area contributed by atoms with E-state index >= 15 is 0 Å². The van der Waals surface area contributed by atoms with Gasteiger partial charge < -0.3 is 4.74 Å². The molecule has 0 radical (unpaired) electrons. The molecule has 0 saturated heterocycles. The summed E-state index contributed by atoms with van der Waals surface area (Å²) in [5.41, 5.74) is 0. The number of rotatable bonds is 6. The maximum atomic E-state index is 13.3.